The molecule has 1 fully saturated rings. The Balaban J connectivity index is 1.90. The van der Waals surface area contributed by atoms with Crippen LogP contribution in [0.2, 0.25) is 0 Å². The number of nitrogens with zero attached hydrogens (tertiary/aromatic N) is 1. The smallest absolute Gasteiger partial charge is 0.408 e. The molecule has 1 unspecified atom stereocenters. The number of benzene rings is 1. The summed E-state index contributed by atoms with van der Waals surface area (Å²) in [7, 11) is 0. The first-order valence-corrected chi connectivity index (χ1v) is 7.00. The Morgan fingerprint density at radius 3 is 2.89 bits per heavy atom. The highest BCUT2D eigenvalue weighted by molar-refractivity contribution is 5.73. The highest BCUT2D eigenvalue weighted by Crippen LogP contribution is 2.35. The Kier molecular flexibility index (Phi) is 3.19. The molecule has 0 amide bonds. The summed E-state index contributed by atoms with van der Waals surface area (Å²) in [6, 6.07) is 5.56. The maximum Gasteiger partial charge on any atom is 0.419 e. The predicted molar refractivity (Wildman–Crippen MR) is 73.1 cm³/mol. The summed E-state index contributed by atoms with van der Waals surface area (Å²) in [5.41, 5.74) is 2.21. The fourth-order valence-corrected chi connectivity index (χ4v) is 2.77. The number of aliphatic hydroxyl groups is 1. The van der Waals surface area contributed by atoms with Crippen LogP contribution >= 0.6 is 0 Å². The van der Waals surface area contributed by atoms with Gasteiger partial charge in [-0.2, -0.15) is 0 Å². The van der Waals surface area contributed by atoms with Gasteiger partial charge in [0.15, 0.2) is 5.58 Å². The van der Waals surface area contributed by atoms with Crippen molar-refractivity contribution in [1.29, 1.82) is 0 Å². The number of aliphatic hydroxyl groups excluding tert-OH is 1. The summed E-state index contributed by atoms with van der Waals surface area (Å²) >= 11 is 0. The molecule has 1 aliphatic carbocycles. The first-order chi connectivity index (χ1) is 9.19. The van der Waals surface area contributed by atoms with E-state index in [-0.39, 0.29) is 5.76 Å². The van der Waals surface area contributed by atoms with E-state index in [0.717, 1.165) is 17.5 Å². The summed E-state index contributed by atoms with van der Waals surface area (Å²) in [5.74, 6) is 0.320. The minimum Gasteiger partial charge on any atom is -0.408 e. The molecule has 1 aromatic carbocycles. The van der Waals surface area contributed by atoms with Gasteiger partial charge in [-0.15, -0.1) is 0 Å². The molecule has 1 atom stereocenters. The fourth-order valence-electron chi connectivity index (χ4n) is 2.77. The van der Waals surface area contributed by atoms with Gasteiger partial charge in [0.2, 0.25) is 0 Å². The van der Waals surface area contributed by atoms with Crippen molar-refractivity contribution < 1.29 is 9.52 Å². The van der Waals surface area contributed by atoms with Gasteiger partial charge >= 0.3 is 5.76 Å². The first kappa shape index (κ1) is 12.5. The number of aryl methyl sites for hydroxylation is 1. The van der Waals surface area contributed by atoms with E-state index in [2.05, 4.69) is 0 Å². The van der Waals surface area contributed by atoms with Crippen molar-refractivity contribution in [3.05, 3.63) is 34.3 Å². The summed E-state index contributed by atoms with van der Waals surface area (Å²) < 4.78 is 6.82. The van der Waals surface area contributed by atoms with Gasteiger partial charge < -0.3 is 9.52 Å². The zero-order valence-corrected chi connectivity index (χ0v) is 11.1. The molecule has 0 spiro atoms. The van der Waals surface area contributed by atoms with Crippen LogP contribution in [0.5, 0.6) is 0 Å². The van der Waals surface area contributed by atoms with Crippen molar-refractivity contribution in [3.8, 4) is 0 Å². The second kappa shape index (κ2) is 4.85. The number of aromatic nitrogens is 1. The van der Waals surface area contributed by atoms with Crippen molar-refractivity contribution in [1.82, 2.24) is 4.57 Å². The lowest BCUT2D eigenvalue weighted by Crippen LogP contribution is -2.14. The highest BCUT2D eigenvalue weighted by atomic mass is 16.4. The lowest BCUT2D eigenvalue weighted by molar-refractivity contribution is 0.118. The van der Waals surface area contributed by atoms with Crippen LogP contribution in [0.25, 0.3) is 11.1 Å². The molecule has 102 valence electrons. The maximum atomic E-state index is 11.6. The molecular formula is C15H19NO3. The Hall–Kier alpha value is -1.55. The minimum atomic E-state index is -0.454. The molecule has 1 N–H and O–H groups in total. The third-order valence-corrected chi connectivity index (χ3v) is 4.17. The lowest BCUT2D eigenvalue weighted by atomic mass is 9.80. The van der Waals surface area contributed by atoms with E-state index in [1.54, 1.807) is 10.6 Å². The van der Waals surface area contributed by atoms with E-state index in [0.29, 0.717) is 18.0 Å². The molecule has 0 radical (unpaired) electrons. The van der Waals surface area contributed by atoms with Gasteiger partial charge in [0.1, 0.15) is 0 Å². The van der Waals surface area contributed by atoms with E-state index in [1.807, 2.05) is 19.1 Å². The highest BCUT2D eigenvalue weighted by Gasteiger charge is 2.22. The van der Waals surface area contributed by atoms with Gasteiger partial charge in [0.05, 0.1) is 11.6 Å². The van der Waals surface area contributed by atoms with Gasteiger partial charge in [-0.1, -0.05) is 25.3 Å². The lowest BCUT2D eigenvalue weighted by Gasteiger charge is -2.27. The van der Waals surface area contributed by atoms with Gasteiger partial charge in [-0.3, -0.25) is 4.57 Å². The molecule has 1 aliphatic rings. The largest absolute Gasteiger partial charge is 0.419 e. The van der Waals surface area contributed by atoms with Gasteiger partial charge in [0.25, 0.3) is 0 Å². The van der Waals surface area contributed by atoms with Crippen molar-refractivity contribution in [3.63, 3.8) is 0 Å². The number of hydrogen-bond donors (Lipinski definition) is 1. The monoisotopic (exact) mass is 261 g/mol. The van der Waals surface area contributed by atoms with Crippen molar-refractivity contribution in [2.75, 3.05) is 0 Å². The summed E-state index contributed by atoms with van der Waals surface area (Å²) in [6.07, 6.45) is 4.08. The first-order valence-electron chi connectivity index (χ1n) is 7.00. The molecule has 0 aliphatic heterocycles. The number of rotatable bonds is 4. The maximum absolute atomic E-state index is 11.6. The van der Waals surface area contributed by atoms with Crippen LogP contribution in [0.1, 0.15) is 44.3 Å². The summed E-state index contributed by atoms with van der Waals surface area (Å²) in [4.78, 5) is 11.6. The third-order valence-electron chi connectivity index (χ3n) is 4.17. The molecule has 2 aromatic rings. The topological polar surface area (TPSA) is 55.4 Å². The minimum absolute atomic E-state index is 0.330. The number of oxazole rings is 1. The zero-order valence-electron chi connectivity index (χ0n) is 11.1. The van der Waals surface area contributed by atoms with E-state index in [4.69, 9.17) is 4.42 Å². The van der Waals surface area contributed by atoms with Crippen LogP contribution in [0.3, 0.4) is 0 Å². The molecule has 19 heavy (non-hydrogen) atoms. The van der Waals surface area contributed by atoms with Crippen molar-refractivity contribution in [2.45, 2.75) is 45.3 Å². The molecule has 1 aromatic heterocycles. The van der Waals surface area contributed by atoms with Crippen LogP contribution in [0.4, 0.5) is 0 Å². The molecule has 0 saturated heterocycles. The van der Waals surface area contributed by atoms with Crippen molar-refractivity contribution >= 4 is 11.1 Å². The van der Waals surface area contributed by atoms with Crippen LogP contribution in [-0.4, -0.2) is 9.67 Å². The van der Waals surface area contributed by atoms with Crippen LogP contribution in [0, 0.1) is 5.92 Å². The molecule has 0 bridgehead atoms. The Morgan fingerprint density at radius 2 is 2.26 bits per heavy atom. The standard InChI is InChI=1S/C15H19NO3/c1-2-16-12-7-6-11(9-14(12)19-15(16)18)13(17)8-10-4-3-5-10/h6-7,9-10,13,17H,2-5,8H2,1H3. The van der Waals surface area contributed by atoms with Crippen LogP contribution in [0.15, 0.2) is 27.4 Å². The number of fused-ring (bicyclic) bond motifs is 1. The molecular weight excluding hydrogens is 242 g/mol. The SMILES string of the molecule is CCn1c(=O)oc2cc(C(O)CC3CCC3)ccc21. The molecule has 4 nitrogen and oxygen atoms in total. The molecule has 1 heterocycles. The quantitative estimate of drug-likeness (QED) is 0.920. The Labute approximate surface area is 111 Å². The Morgan fingerprint density at radius 1 is 1.47 bits per heavy atom. The van der Waals surface area contributed by atoms with Gasteiger partial charge in [-0.25, -0.2) is 4.79 Å². The second-order valence-corrected chi connectivity index (χ2v) is 5.39. The zero-order chi connectivity index (χ0) is 13.4. The van der Waals surface area contributed by atoms with E-state index in [9.17, 15) is 9.90 Å². The summed E-state index contributed by atoms with van der Waals surface area (Å²) in [5, 5.41) is 10.2. The van der Waals surface area contributed by atoms with Gasteiger partial charge in [0, 0.05) is 6.54 Å². The average molecular weight is 261 g/mol. The van der Waals surface area contributed by atoms with E-state index in [1.165, 1.54) is 19.3 Å². The molecule has 1 saturated carbocycles. The van der Waals surface area contributed by atoms with Crippen molar-refractivity contribution in [2.24, 2.45) is 5.92 Å². The average Bonchev–Trinajstić information content (AvgIpc) is 2.67. The third kappa shape index (κ3) is 2.21. The predicted octanol–water partition coefficient (Wildman–Crippen LogP) is 2.84. The van der Waals surface area contributed by atoms with E-state index >= 15 is 0 Å². The summed E-state index contributed by atoms with van der Waals surface area (Å²) in [6.45, 7) is 2.51. The molecule has 4 heteroatoms. The van der Waals surface area contributed by atoms with Crippen LogP contribution in [-0.2, 0) is 6.54 Å². The van der Waals surface area contributed by atoms with E-state index < -0.39 is 6.10 Å². The number of hydrogen-bond acceptors (Lipinski definition) is 3. The van der Waals surface area contributed by atoms with Crippen LogP contribution < -0.4 is 5.76 Å². The normalized spacial score (nSPS) is 17.6. The fraction of sp³-hybridized carbons (Fsp3) is 0.533. The Bertz CT molecular complexity index is 636. The van der Waals surface area contributed by atoms with Gasteiger partial charge in [-0.05, 0) is 37.0 Å². The second-order valence-electron chi connectivity index (χ2n) is 5.39. The molecule has 3 rings (SSSR count).